The molecule has 0 bridgehead atoms. The van der Waals surface area contributed by atoms with Crippen LogP contribution in [0.3, 0.4) is 0 Å². The van der Waals surface area contributed by atoms with E-state index in [2.05, 4.69) is 11.6 Å². The summed E-state index contributed by atoms with van der Waals surface area (Å²) >= 11 is 0. The molecule has 0 saturated carbocycles. The average molecular weight is 310 g/mol. The molecule has 116 valence electrons. The highest BCUT2D eigenvalue weighted by Gasteiger charge is 2.26. The lowest BCUT2D eigenvalue weighted by atomic mass is 10.0. The Bertz CT molecular complexity index is 634. The number of aryl methyl sites for hydroxylation is 1. The summed E-state index contributed by atoms with van der Waals surface area (Å²) in [5.41, 5.74) is 7.23. The number of nitrogens with zero attached hydrogens (tertiary/aromatic N) is 1. The number of benzene rings is 1. The lowest BCUT2D eigenvalue weighted by Crippen LogP contribution is -2.41. The van der Waals surface area contributed by atoms with Crippen LogP contribution in [-0.4, -0.2) is 31.6 Å². The maximum atomic E-state index is 12.4. The van der Waals surface area contributed by atoms with Gasteiger partial charge in [-0.15, -0.1) is 0 Å². The number of piperidine rings is 1. The molecule has 0 atom stereocenters. The van der Waals surface area contributed by atoms with Crippen molar-refractivity contribution in [3.05, 3.63) is 29.3 Å². The fourth-order valence-electron chi connectivity index (χ4n) is 2.33. The van der Waals surface area contributed by atoms with Crippen molar-refractivity contribution < 1.29 is 8.42 Å². The van der Waals surface area contributed by atoms with E-state index in [-0.39, 0.29) is 5.84 Å². The van der Waals surface area contributed by atoms with Crippen LogP contribution in [0.25, 0.3) is 0 Å². The topological polar surface area (TPSA) is 99.3 Å². The SMILES string of the molecule is Cc1ccc(C(=N)N)cc1NS(=O)(=O)N1CCC(C)CC1. The molecule has 0 amide bonds. The monoisotopic (exact) mass is 310 g/mol. The summed E-state index contributed by atoms with van der Waals surface area (Å²) < 4.78 is 28.9. The van der Waals surface area contributed by atoms with Crippen molar-refractivity contribution in [2.45, 2.75) is 26.7 Å². The van der Waals surface area contributed by atoms with Gasteiger partial charge >= 0.3 is 10.2 Å². The van der Waals surface area contributed by atoms with E-state index in [1.807, 2.05) is 6.92 Å². The molecule has 1 heterocycles. The Morgan fingerprint density at radius 3 is 2.57 bits per heavy atom. The fourth-order valence-corrected chi connectivity index (χ4v) is 3.65. The Hall–Kier alpha value is -1.60. The van der Waals surface area contributed by atoms with E-state index in [4.69, 9.17) is 11.1 Å². The Labute approximate surface area is 126 Å². The smallest absolute Gasteiger partial charge is 0.301 e. The molecule has 1 saturated heterocycles. The van der Waals surface area contributed by atoms with Crippen molar-refractivity contribution in [1.29, 1.82) is 5.41 Å². The molecule has 0 aliphatic carbocycles. The van der Waals surface area contributed by atoms with E-state index in [1.54, 1.807) is 18.2 Å². The van der Waals surface area contributed by atoms with Crippen molar-refractivity contribution in [2.75, 3.05) is 17.8 Å². The zero-order valence-corrected chi connectivity index (χ0v) is 13.2. The van der Waals surface area contributed by atoms with E-state index < -0.39 is 10.2 Å². The third-order valence-corrected chi connectivity index (χ3v) is 5.39. The molecule has 6 nitrogen and oxygen atoms in total. The van der Waals surface area contributed by atoms with Gasteiger partial charge in [0, 0.05) is 18.7 Å². The van der Waals surface area contributed by atoms with Crippen LogP contribution in [0, 0.1) is 18.3 Å². The molecule has 1 fully saturated rings. The van der Waals surface area contributed by atoms with E-state index >= 15 is 0 Å². The average Bonchev–Trinajstić information content (AvgIpc) is 2.41. The van der Waals surface area contributed by atoms with E-state index in [0.717, 1.165) is 18.4 Å². The summed E-state index contributed by atoms with van der Waals surface area (Å²) in [4.78, 5) is 0. The molecule has 21 heavy (non-hydrogen) atoms. The lowest BCUT2D eigenvalue weighted by Gasteiger charge is -2.29. The maximum Gasteiger partial charge on any atom is 0.301 e. The third-order valence-electron chi connectivity index (χ3n) is 3.87. The molecule has 0 spiro atoms. The molecule has 4 N–H and O–H groups in total. The van der Waals surface area contributed by atoms with E-state index in [9.17, 15) is 8.42 Å². The van der Waals surface area contributed by atoms with Gasteiger partial charge in [0.1, 0.15) is 5.84 Å². The highest BCUT2D eigenvalue weighted by molar-refractivity contribution is 7.90. The predicted molar refractivity (Wildman–Crippen MR) is 84.7 cm³/mol. The third kappa shape index (κ3) is 3.74. The molecular weight excluding hydrogens is 288 g/mol. The molecule has 0 radical (unpaired) electrons. The molecule has 1 aromatic carbocycles. The number of anilines is 1. The summed E-state index contributed by atoms with van der Waals surface area (Å²) in [6, 6.07) is 5.06. The number of rotatable bonds is 4. The van der Waals surface area contributed by atoms with Gasteiger partial charge in [-0.3, -0.25) is 10.1 Å². The molecule has 0 aromatic heterocycles. The number of hydrogen-bond donors (Lipinski definition) is 3. The Morgan fingerprint density at radius 1 is 1.38 bits per heavy atom. The van der Waals surface area contributed by atoms with Gasteiger partial charge in [0.15, 0.2) is 0 Å². The standard InChI is InChI=1S/C14H22N4O2S/c1-10-5-7-18(8-6-10)21(19,20)17-13-9-12(14(15)16)4-3-11(13)2/h3-4,9-10,17H,5-8H2,1-2H3,(H3,15,16). The van der Waals surface area contributed by atoms with E-state index in [1.165, 1.54) is 4.31 Å². The van der Waals surface area contributed by atoms with Crippen molar-refractivity contribution in [1.82, 2.24) is 4.31 Å². The fraction of sp³-hybridized carbons (Fsp3) is 0.500. The summed E-state index contributed by atoms with van der Waals surface area (Å²) in [6.07, 6.45) is 1.76. The first-order valence-electron chi connectivity index (χ1n) is 7.02. The van der Waals surface area contributed by atoms with Gasteiger partial charge in [-0.2, -0.15) is 12.7 Å². The van der Waals surface area contributed by atoms with Crippen LogP contribution < -0.4 is 10.5 Å². The molecule has 2 rings (SSSR count). The zero-order chi connectivity index (χ0) is 15.6. The Balaban J connectivity index is 2.20. The minimum Gasteiger partial charge on any atom is -0.384 e. The minimum absolute atomic E-state index is 0.0813. The largest absolute Gasteiger partial charge is 0.384 e. The van der Waals surface area contributed by atoms with Gasteiger partial charge in [-0.1, -0.05) is 19.1 Å². The van der Waals surface area contributed by atoms with Crippen LogP contribution in [0.2, 0.25) is 0 Å². The lowest BCUT2D eigenvalue weighted by molar-refractivity contribution is 0.289. The van der Waals surface area contributed by atoms with Crippen LogP contribution in [0.4, 0.5) is 5.69 Å². The first-order valence-corrected chi connectivity index (χ1v) is 8.46. The van der Waals surface area contributed by atoms with Crippen LogP contribution in [-0.2, 0) is 10.2 Å². The van der Waals surface area contributed by atoms with Crippen molar-refractivity contribution in [3.8, 4) is 0 Å². The number of nitrogens with one attached hydrogen (secondary N) is 2. The van der Waals surface area contributed by atoms with Gasteiger partial charge in [0.25, 0.3) is 0 Å². The molecule has 1 aliphatic rings. The second-order valence-electron chi connectivity index (χ2n) is 5.63. The van der Waals surface area contributed by atoms with Crippen LogP contribution >= 0.6 is 0 Å². The first-order chi connectivity index (χ1) is 9.79. The minimum atomic E-state index is -3.55. The number of amidine groups is 1. The molecule has 0 unspecified atom stereocenters. The normalized spacial score (nSPS) is 17.6. The van der Waals surface area contributed by atoms with Gasteiger partial charge < -0.3 is 5.73 Å². The van der Waals surface area contributed by atoms with Gasteiger partial charge in [-0.25, -0.2) is 0 Å². The van der Waals surface area contributed by atoms with Gasteiger partial charge in [0.05, 0.1) is 5.69 Å². The quantitative estimate of drug-likeness (QED) is 0.582. The summed E-state index contributed by atoms with van der Waals surface area (Å²) in [5.74, 6) is 0.487. The highest BCUT2D eigenvalue weighted by atomic mass is 32.2. The van der Waals surface area contributed by atoms with Crippen LogP contribution in [0.5, 0.6) is 0 Å². The molecule has 1 aromatic rings. The number of hydrogen-bond acceptors (Lipinski definition) is 3. The zero-order valence-electron chi connectivity index (χ0n) is 12.4. The molecule has 7 heteroatoms. The highest BCUT2D eigenvalue weighted by Crippen LogP contribution is 2.22. The summed E-state index contributed by atoms with van der Waals surface area (Å²) in [6.45, 7) is 5.04. The van der Waals surface area contributed by atoms with Crippen molar-refractivity contribution in [3.63, 3.8) is 0 Å². The van der Waals surface area contributed by atoms with Gasteiger partial charge in [0.2, 0.25) is 0 Å². The summed E-state index contributed by atoms with van der Waals surface area (Å²) in [5, 5.41) is 7.44. The Morgan fingerprint density at radius 2 is 2.00 bits per heavy atom. The second-order valence-corrected chi connectivity index (χ2v) is 7.30. The van der Waals surface area contributed by atoms with Crippen molar-refractivity contribution in [2.24, 2.45) is 11.7 Å². The Kier molecular flexibility index (Phi) is 4.53. The van der Waals surface area contributed by atoms with E-state index in [0.29, 0.717) is 30.3 Å². The first kappa shape index (κ1) is 15.8. The van der Waals surface area contributed by atoms with Crippen molar-refractivity contribution >= 4 is 21.7 Å². The number of nitrogens with two attached hydrogens (primary N) is 1. The molecule has 1 aliphatic heterocycles. The maximum absolute atomic E-state index is 12.4. The second kappa shape index (κ2) is 6.03. The molecular formula is C14H22N4O2S. The van der Waals surface area contributed by atoms with Crippen LogP contribution in [0.15, 0.2) is 18.2 Å². The summed E-state index contributed by atoms with van der Waals surface area (Å²) in [7, 11) is -3.55. The van der Waals surface area contributed by atoms with Crippen LogP contribution in [0.1, 0.15) is 30.9 Å². The number of nitrogen functional groups attached to an aromatic ring is 1. The predicted octanol–water partition coefficient (Wildman–Crippen LogP) is 1.67. The van der Waals surface area contributed by atoms with Gasteiger partial charge in [-0.05, 0) is 37.3 Å².